The van der Waals surface area contributed by atoms with Crippen molar-refractivity contribution in [1.29, 1.82) is 0 Å². The molecular weight excluding hydrogens is 560 g/mol. The molecule has 226 valence electrons. The molecule has 0 amide bonds. The minimum absolute atomic E-state index is 0.119. The summed E-state index contributed by atoms with van der Waals surface area (Å²) in [4.78, 5) is 29.6. The molecule has 10 nitrogen and oxygen atoms in total. The molecule has 7 aromatic rings. The maximum absolute atomic E-state index is 5.19. The number of hydrogen-bond acceptors (Lipinski definition) is 8. The van der Waals surface area contributed by atoms with Gasteiger partial charge >= 0.3 is 0 Å². The number of fused-ring (bicyclic) bond motifs is 2. The highest BCUT2D eigenvalue weighted by molar-refractivity contribution is 6.09. The number of aryl methyl sites for hydroxylation is 1. The Labute approximate surface area is 261 Å². The van der Waals surface area contributed by atoms with Gasteiger partial charge in [-0.05, 0) is 85.7 Å². The van der Waals surface area contributed by atoms with Gasteiger partial charge in [0, 0.05) is 38.8 Å². The second kappa shape index (κ2) is 9.20. The molecule has 8 rings (SSSR count). The van der Waals surface area contributed by atoms with E-state index in [0.29, 0.717) is 11.6 Å². The van der Waals surface area contributed by atoms with Crippen LogP contribution in [0.15, 0.2) is 59.9 Å². The molecule has 0 saturated carbocycles. The number of aliphatic imine (C=N–C) groups is 1. The first-order valence-corrected chi connectivity index (χ1v) is 15.4. The molecule has 3 aromatic carbocycles. The normalized spacial score (nSPS) is 15.5. The highest BCUT2D eigenvalue weighted by Crippen LogP contribution is 2.47. The average molecular weight is 597 g/mol. The third kappa shape index (κ3) is 4.22. The van der Waals surface area contributed by atoms with E-state index in [9.17, 15) is 0 Å². The molecule has 2 N–H and O–H groups in total. The number of nitrogens with one attached hydrogen (secondary N) is 2. The standard InChI is InChI=1S/C35H36N10/c1-18-26(27-22(38-18)11-9-12-23(27)42-34(3,4)5)28-20-15-16-21-29(20)45-32(40-28)36-17-37-33(45)41-31(21)44-19(2)39-24-13-10-14-25(30(24)44)43-35(6,7)8/h9-17,26,42-43H,1-8H3. The van der Waals surface area contributed by atoms with E-state index in [-0.39, 0.29) is 17.0 Å². The van der Waals surface area contributed by atoms with Gasteiger partial charge in [-0.15, -0.1) is 0 Å². The van der Waals surface area contributed by atoms with Crippen LogP contribution < -0.4 is 10.6 Å². The maximum atomic E-state index is 5.19. The molecule has 1 aliphatic rings. The van der Waals surface area contributed by atoms with Crippen molar-refractivity contribution >= 4 is 61.7 Å². The van der Waals surface area contributed by atoms with Gasteiger partial charge in [0.15, 0.2) is 5.82 Å². The lowest BCUT2D eigenvalue weighted by Crippen LogP contribution is -2.27. The monoisotopic (exact) mass is 596 g/mol. The van der Waals surface area contributed by atoms with E-state index in [2.05, 4.69) is 110 Å². The van der Waals surface area contributed by atoms with Crippen LogP contribution in [0.5, 0.6) is 0 Å². The molecule has 1 atom stereocenters. The quantitative estimate of drug-likeness (QED) is 0.216. The maximum Gasteiger partial charge on any atom is 0.240 e. The number of nitrogens with zero attached hydrogens (tertiary/aromatic N) is 8. The van der Waals surface area contributed by atoms with Crippen LogP contribution in [0.1, 0.15) is 71.5 Å². The van der Waals surface area contributed by atoms with Gasteiger partial charge in [0.2, 0.25) is 11.6 Å². The van der Waals surface area contributed by atoms with Crippen molar-refractivity contribution in [2.75, 3.05) is 10.6 Å². The zero-order chi connectivity index (χ0) is 31.4. The summed E-state index contributed by atoms with van der Waals surface area (Å²) in [5, 5.41) is 9.40. The molecule has 0 radical (unpaired) electrons. The summed E-state index contributed by atoms with van der Waals surface area (Å²) in [6.45, 7) is 17.1. The van der Waals surface area contributed by atoms with E-state index in [4.69, 9.17) is 19.9 Å². The van der Waals surface area contributed by atoms with E-state index >= 15 is 0 Å². The minimum Gasteiger partial charge on any atom is -0.380 e. The molecule has 5 heterocycles. The Hall–Kier alpha value is -5.12. The van der Waals surface area contributed by atoms with E-state index in [1.54, 1.807) is 6.33 Å². The number of benzene rings is 2. The second-order valence-electron chi connectivity index (χ2n) is 14.1. The Kier molecular flexibility index (Phi) is 5.61. The lowest BCUT2D eigenvalue weighted by molar-refractivity contribution is 0.633. The van der Waals surface area contributed by atoms with Gasteiger partial charge in [-0.2, -0.15) is 4.98 Å². The highest BCUT2D eigenvalue weighted by Gasteiger charge is 2.34. The summed E-state index contributed by atoms with van der Waals surface area (Å²) in [5.41, 5.74) is 8.72. The fraction of sp³-hybridized carbons (Fsp3) is 0.314. The molecule has 45 heavy (non-hydrogen) atoms. The Bertz CT molecular complexity index is 2330. The van der Waals surface area contributed by atoms with Crippen LogP contribution in [-0.4, -0.2) is 50.7 Å². The SMILES string of the molecule is CC1=Nc2cccc(NC(C)(C)C)c2C1c1nc2ncnc3nc(-n4c(C)nc5cccc(NC(C)(C)C)c54)c4ccc1c4n23. The molecule has 4 aromatic heterocycles. The minimum atomic E-state index is -0.140. The lowest BCUT2D eigenvalue weighted by Gasteiger charge is -2.26. The smallest absolute Gasteiger partial charge is 0.240 e. The van der Waals surface area contributed by atoms with Gasteiger partial charge < -0.3 is 10.6 Å². The largest absolute Gasteiger partial charge is 0.380 e. The van der Waals surface area contributed by atoms with Crippen LogP contribution in [0.4, 0.5) is 17.1 Å². The van der Waals surface area contributed by atoms with Gasteiger partial charge in [0.1, 0.15) is 12.2 Å². The number of imidazole rings is 1. The van der Waals surface area contributed by atoms with Gasteiger partial charge in [-0.1, -0.05) is 18.2 Å². The fourth-order valence-corrected chi connectivity index (χ4v) is 6.78. The molecule has 0 saturated heterocycles. The Morgan fingerprint density at radius 3 is 2.13 bits per heavy atom. The first kappa shape index (κ1) is 27.4. The Balaban J connectivity index is 1.42. The molecule has 0 bridgehead atoms. The van der Waals surface area contributed by atoms with Gasteiger partial charge in [0.05, 0.1) is 39.5 Å². The third-order valence-corrected chi connectivity index (χ3v) is 8.28. The summed E-state index contributed by atoms with van der Waals surface area (Å²) in [7, 11) is 0. The zero-order valence-corrected chi connectivity index (χ0v) is 26.9. The number of anilines is 2. The summed E-state index contributed by atoms with van der Waals surface area (Å²) in [6.07, 6.45) is 1.55. The van der Waals surface area contributed by atoms with Crippen LogP contribution in [0.25, 0.3) is 44.7 Å². The lowest BCUT2D eigenvalue weighted by atomic mass is 9.89. The topological polar surface area (TPSA) is 110 Å². The summed E-state index contributed by atoms with van der Waals surface area (Å²) in [6, 6.07) is 16.8. The van der Waals surface area contributed by atoms with Crippen molar-refractivity contribution < 1.29 is 0 Å². The van der Waals surface area contributed by atoms with Crippen LogP contribution in [-0.2, 0) is 0 Å². The predicted molar refractivity (Wildman–Crippen MR) is 182 cm³/mol. The van der Waals surface area contributed by atoms with Crippen molar-refractivity contribution in [3.8, 4) is 5.82 Å². The Morgan fingerprint density at radius 2 is 1.38 bits per heavy atom. The number of aromatic nitrogens is 7. The molecule has 0 aliphatic carbocycles. The number of rotatable bonds is 4. The van der Waals surface area contributed by atoms with Crippen molar-refractivity contribution in [2.24, 2.45) is 4.99 Å². The zero-order valence-electron chi connectivity index (χ0n) is 26.9. The highest BCUT2D eigenvalue weighted by atomic mass is 15.2. The molecule has 0 fully saturated rings. The Morgan fingerprint density at radius 1 is 0.711 bits per heavy atom. The van der Waals surface area contributed by atoms with E-state index in [0.717, 1.165) is 73.0 Å². The number of para-hydroxylation sites is 1. The first-order valence-electron chi connectivity index (χ1n) is 15.4. The van der Waals surface area contributed by atoms with E-state index in [1.807, 2.05) is 23.5 Å². The summed E-state index contributed by atoms with van der Waals surface area (Å²) >= 11 is 0. The summed E-state index contributed by atoms with van der Waals surface area (Å²) < 4.78 is 4.13. The molecule has 0 spiro atoms. The van der Waals surface area contributed by atoms with Gasteiger partial charge in [-0.25, -0.2) is 24.3 Å². The first-order chi connectivity index (χ1) is 21.4. The van der Waals surface area contributed by atoms with Crippen molar-refractivity contribution in [3.63, 3.8) is 0 Å². The summed E-state index contributed by atoms with van der Waals surface area (Å²) in [5.74, 6) is 2.58. The predicted octanol–water partition coefficient (Wildman–Crippen LogP) is 7.57. The van der Waals surface area contributed by atoms with Crippen LogP contribution in [0.2, 0.25) is 0 Å². The molecule has 1 aliphatic heterocycles. The average Bonchev–Trinajstić information content (AvgIpc) is 3.64. The fourth-order valence-electron chi connectivity index (χ4n) is 6.78. The van der Waals surface area contributed by atoms with Crippen LogP contribution in [0, 0.1) is 6.92 Å². The number of hydrogen-bond donors (Lipinski definition) is 2. The van der Waals surface area contributed by atoms with Gasteiger partial charge in [-0.3, -0.25) is 9.56 Å². The molecule has 10 heteroatoms. The van der Waals surface area contributed by atoms with E-state index < -0.39 is 0 Å². The molecular formula is C35H36N10. The molecule has 1 unspecified atom stereocenters. The second-order valence-corrected chi connectivity index (χ2v) is 14.1. The van der Waals surface area contributed by atoms with Crippen molar-refractivity contribution in [3.05, 3.63) is 71.9 Å². The van der Waals surface area contributed by atoms with Crippen molar-refractivity contribution in [2.45, 2.75) is 72.4 Å². The van der Waals surface area contributed by atoms with Crippen LogP contribution >= 0.6 is 0 Å². The van der Waals surface area contributed by atoms with Crippen LogP contribution in [0.3, 0.4) is 0 Å². The van der Waals surface area contributed by atoms with Crippen molar-refractivity contribution in [1.82, 2.24) is 33.9 Å². The third-order valence-electron chi connectivity index (χ3n) is 8.28. The van der Waals surface area contributed by atoms with Gasteiger partial charge in [0.25, 0.3) is 0 Å². The van der Waals surface area contributed by atoms with E-state index in [1.165, 1.54) is 0 Å².